The minimum absolute atomic E-state index is 0.0491. The normalized spacial score (nSPS) is 21.5. The molecule has 1 aliphatic rings. The molecule has 5 heteroatoms. The number of hydrogen-bond acceptors (Lipinski definition) is 5. The first-order chi connectivity index (χ1) is 10.5. The molecule has 122 valence electrons. The quantitative estimate of drug-likeness (QED) is 0.691. The van der Waals surface area contributed by atoms with E-state index in [1.807, 2.05) is 32.9 Å². The Morgan fingerprint density at radius 3 is 2.82 bits per heavy atom. The van der Waals surface area contributed by atoms with Gasteiger partial charge in [0, 0.05) is 0 Å². The highest BCUT2D eigenvalue weighted by Crippen LogP contribution is 2.23. The van der Waals surface area contributed by atoms with Gasteiger partial charge in [-0.25, -0.2) is 0 Å². The highest BCUT2D eigenvalue weighted by Gasteiger charge is 2.33. The standard InChI is InChI=1S/C17H24O5/c1-4-14(19-11-15-12-21-17(2,3)22-15)10-20-16-8-6-5-7-13(16)9-18/h5-9,14-15H,4,10-12H2,1-3H3. The largest absolute Gasteiger partial charge is 0.490 e. The van der Waals surface area contributed by atoms with E-state index in [0.717, 1.165) is 12.7 Å². The third-order valence-corrected chi connectivity index (χ3v) is 3.51. The molecule has 0 aliphatic carbocycles. The smallest absolute Gasteiger partial charge is 0.163 e. The van der Waals surface area contributed by atoms with Crippen LogP contribution in [0, 0.1) is 0 Å². The minimum atomic E-state index is -0.533. The first-order valence-electron chi connectivity index (χ1n) is 7.64. The molecule has 1 aromatic rings. The van der Waals surface area contributed by atoms with E-state index in [9.17, 15) is 4.79 Å². The second-order valence-corrected chi connectivity index (χ2v) is 5.78. The van der Waals surface area contributed by atoms with E-state index in [0.29, 0.717) is 31.1 Å². The first-order valence-corrected chi connectivity index (χ1v) is 7.64. The predicted molar refractivity (Wildman–Crippen MR) is 82.3 cm³/mol. The van der Waals surface area contributed by atoms with Crippen LogP contribution in [0.25, 0.3) is 0 Å². The fraction of sp³-hybridized carbons (Fsp3) is 0.588. The molecule has 0 bridgehead atoms. The zero-order valence-corrected chi connectivity index (χ0v) is 13.4. The van der Waals surface area contributed by atoms with E-state index in [4.69, 9.17) is 18.9 Å². The summed E-state index contributed by atoms with van der Waals surface area (Å²) in [4.78, 5) is 11.0. The Bertz CT molecular complexity index is 486. The summed E-state index contributed by atoms with van der Waals surface area (Å²) in [5, 5.41) is 0. The molecule has 2 atom stereocenters. The van der Waals surface area contributed by atoms with Crippen LogP contribution < -0.4 is 4.74 Å². The van der Waals surface area contributed by atoms with Gasteiger partial charge in [-0.3, -0.25) is 4.79 Å². The van der Waals surface area contributed by atoms with Gasteiger partial charge in [0.15, 0.2) is 12.1 Å². The molecule has 2 rings (SSSR count). The molecule has 0 radical (unpaired) electrons. The van der Waals surface area contributed by atoms with Crippen molar-refractivity contribution in [3.05, 3.63) is 29.8 Å². The summed E-state index contributed by atoms with van der Waals surface area (Å²) in [5.41, 5.74) is 0.548. The maximum atomic E-state index is 11.0. The van der Waals surface area contributed by atoms with Crippen LogP contribution in [0.4, 0.5) is 0 Å². The zero-order valence-electron chi connectivity index (χ0n) is 13.4. The van der Waals surface area contributed by atoms with Gasteiger partial charge < -0.3 is 18.9 Å². The van der Waals surface area contributed by atoms with Crippen molar-refractivity contribution in [3.63, 3.8) is 0 Å². The monoisotopic (exact) mass is 308 g/mol. The molecule has 1 heterocycles. The molecule has 1 fully saturated rings. The van der Waals surface area contributed by atoms with Gasteiger partial charge >= 0.3 is 0 Å². The molecule has 1 aliphatic heterocycles. The summed E-state index contributed by atoms with van der Waals surface area (Å²) >= 11 is 0. The molecule has 0 saturated carbocycles. The zero-order chi connectivity index (χ0) is 16.0. The molecule has 1 aromatic carbocycles. The van der Waals surface area contributed by atoms with Gasteiger partial charge in [-0.15, -0.1) is 0 Å². The Labute approximate surface area is 131 Å². The van der Waals surface area contributed by atoms with Crippen LogP contribution in [-0.2, 0) is 14.2 Å². The van der Waals surface area contributed by atoms with Crippen molar-refractivity contribution in [3.8, 4) is 5.75 Å². The van der Waals surface area contributed by atoms with Crippen molar-refractivity contribution in [2.24, 2.45) is 0 Å². The van der Waals surface area contributed by atoms with E-state index >= 15 is 0 Å². The SMILES string of the molecule is CCC(COc1ccccc1C=O)OCC1COC(C)(C)O1. The van der Waals surface area contributed by atoms with Crippen molar-refractivity contribution in [2.75, 3.05) is 19.8 Å². The number of rotatable bonds is 8. The second-order valence-electron chi connectivity index (χ2n) is 5.78. The van der Waals surface area contributed by atoms with Crippen molar-refractivity contribution in [1.29, 1.82) is 0 Å². The van der Waals surface area contributed by atoms with Gasteiger partial charge in [-0.2, -0.15) is 0 Å². The van der Waals surface area contributed by atoms with Crippen LogP contribution in [0.3, 0.4) is 0 Å². The summed E-state index contributed by atoms with van der Waals surface area (Å²) in [7, 11) is 0. The Morgan fingerprint density at radius 2 is 2.18 bits per heavy atom. The molecular formula is C17H24O5. The number of carbonyl (C=O) groups is 1. The fourth-order valence-corrected chi connectivity index (χ4v) is 2.26. The van der Waals surface area contributed by atoms with Crippen LogP contribution in [0.2, 0.25) is 0 Å². The first kappa shape index (κ1) is 16.9. The highest BCUT2D eigenvalue weighted by atomic mass is 16.7. The van der Waals surface area contributed by atoms with E-state index in [1.54, 1.807) is 12.1 Å². The van der Waals surface area contributed by atoms with Gasteiger partial charge in [0.25, 0.3) is 0 Å². The lowest BCUT2D eigenvalue weighted by Crippen LogP contribution is -2.29. The Hall–Kier alpha value is -1.43. The molecule has 0 N–H and O–H groups in total. The number of carbonyl (C=O) groups excluding carboxylic acids is 1. The van der Waals surface area contributed by atoms with E-state index in [-0.39, 0.29) is 12.2 Å². The predicted octanol–water partition coefficient (Wildman–Crippen LogP) is 2.82. The van der Waals surface area contributed by atoms with Crippen LogP contribution in [0.5, 0.6) is 5.75 Å². The highest BCUT2D eigenvalue weighted by molar-refractivity contribution is 5.79. The van der Waals surface area contributed by atoms with Gasteiger partial charge in [0.05, 0.1) is 24.9 Å². The lowest BCUT2D eigenvalue weighted by Gasteiger charge is -2.20. The number of ether oxygens (including phenoxy) is 4. The van der Waals surface area contributed by atoms with E-state index in [1.165, 1.54) is 0 Å². The molecule has 0 spiro atoms. The number of benzene rings is 1. The lowest BCUT2D eigenvalue weighted by molar-refractivity contribution is -0.148. The average molecular weight is 308 g/mol. The van der Waals surface area contributed by atoms with Crippen LogP contribution in [0.1, 0.15) is 37.6 Å². The lowest BCUT2D eigenvalue weighted by atomic mass is 10.2. The Kier molecular flexibility index (Phi) is 5.94. The molecule has 2 unspecified atom stereocenters. The molecule has 1 saturated heterocycles. The van der Waals surface area contributed by atoms with Crippen molar-refractivity contribution < 1.29 is 23.7 Å². The second kappa shape index (κ2) is 7.72. The molecular weight excluding hydrogens is 284 g/mol. The fourth-order valence-electron chi connectivity index (χ4n) is 2.26. The summed E-state index contributed by atoms with van der Waals surface area (Å²) in [6.07, 6.45) is 1.52. The van der Waals surface area contributed by atoms with E-state index < -0.39 is 5.79 Å². The van der Waals surface area contributed by atoms with Crippen LogP contribution in [-0.4, -0.2) is 44.1 Å². The topological polar surface area (TPSA) is 54.0 Å². The summed E-state index contributed by atoms with van der Waals surface area (Å²) in [6.45, 7) is 7.24. The number of aldehydes is 1. The van der Waals surface area contributed by atoms with E-state index in [2.05, 4.69) is 0 Å². The Morgan fingerprint density at radius 1 is 1.41 bits per heavy atom. The average Bonchev–Trinajstić information content (AvgIpc) is 2.87. The van der Waals surface area contributed by atoms with Crippen molar-refractivity contribution in [2.45, 2.75) is 45.2 Å². The van der Waals surface area contributed by atoms with Gasteiger partial charge in [-0.1, -0.05) is 19.1 Å². The van der Waals surface area contributed by atoms with Crippen LogP contribution in [0.15, 0.2) is 24.3 Å². The number of hydrogen-bond donors (Lipinski definition) is 0. The van der Waals surface area contributed by atoms with Crippen LogP contribution >= 0.6 is 0 Å². The third-order valence-electron chi connectivity index (χ3n) is 3.51. The Balaban J connectivity index is 1.79. The molecule has 0 amide bonds. The summed E-state index contributed by atoms with van der Waals surface area (Å²) in [5.74, 6) is 0.0518. The van der Waals surface area contributed by atoms with Crippen molar-refractivity contribution in [1.82, 2.24) is 0 Å². The van der Waals surface area contributed by atoms with Gasteiger partial charge in [-0.05, 0) is 32.4 Å². The van der Waals surface area contributed by atoms with Crippen molar-refractivity contribution >= 4 is 6.29 Å². The number of para-hydroxylation sites is 1. The maximum absolute atomic E-state index is 11.0. The minimum Gasteiger partial charge on any atom is -0.490 e. The summed E-state index contributed by atoms with van der Waals surface area (Å²) < 4.78 is 22.8. The third kappa shape index (κ3) is 4.80. The molecule has 22 heavy (non-hydrogen) atoms. The summed E-state index contributed by atoms with van der Waals surface area (Å²) in [6, 6.07) is 7.17. The molecule has 5 nitrogen and oxygen atoms in total. The molecule has 0 aromatic heterocycles. The van der Waals surface area contributed by atoms with Gasteiger partial charge in [0.1, 0.15) is 18.5 Å². The maximum Gasteiger partial charge on any atom is 0.163 e. The van der Waals surface area contributed by atoms with Gasteiger partial charge in [0.2, 0.25) is 0 Å².